The largest absolute Gasteiger partial charge is 0.350 e. The second-order valence-corrected chi connectivity index (χ2v) is 7.15. The molecule has 0 atom stereocenters. The Kier molecular flexibility index (Phi) is 6.09. The summed E-state index contributed by atoms with van der Waals surface area (Å²) in [7, 11) is 0. The van der Waals surface area contributed by atoms with Crippen molar-refractivity contribution in [1.82, 2.24) is 10.6 Å². The van der Waals surface area contributed by atoms with Crippen LogP contribution < -0.4 is 16.0 Å². The second-order valence-electron chi connectivity index (χ2n) is 7.15. The zero-order valence-corrected chi connectivity index (χ0v) is 16.2. The molecule has 1 aliphatic carbocycles. The lowest BCUT2D eigenvalue weighted by Crippen LogP contribution is -2.34. The number of hydrogen-bond donors (Lipinski definition) is 3. The second kappa shape index (κ2) is 8.69. The Morgan fingerprint density at radius 3 is 1.96 bits per heavy atom. The SMILES string of the molecule is Cc1ccc(C(=O)NCCNC(=O)c2ccc(NC(=O)C3CC3)cc2)cc1C. The third-order valence-electron chi connectivity index (χ3n) is 4.83. The van der Waals surface area contributed by atoms with Crippen molar-refractivity contribution < 1.29 is 14.4 Å². The minimum atomic E-state index is -0.222. The summed E-state index contributed by atoms with van der Waals surface area (Å²) in [5.74, 6) is -0.202. The molecule has 0 radical (unpaired) electrons. The van der Waals surface area contributed by atoms with Crippen LogP contribution in [0.1, 0.15) is 44.7 Å². The summed E-state index contributed by atoms with van der Waals surface area (Å²) in [6.07, 6.45) is 1.90. The van der Waals surface area contributed by atoms with Crippen LogP contribution in [0.25, 0.3) is 0 Å². The molecule has 6 nitrogen and oxygen atoms in total. The van der Waals surface area contributed by atoms with Crippen LogP contribution >= 0.6 is 0 Å². The summed E-state index contributed by atoms with van der Waals surface area (Å²) in [5.41, 5.74) is 4.01. The van der Waals surface area contributed by atoms with E-state index >= 15 is 0 Å². The summed E-state index contributed by atoms with van der Waals surface area (Å²) >= 11 is 0. The highest BCUT2D eigenvalue weighted by molar-refractivity contribution is 5.97. The van der Waals surface area contributed by atoms with Crippen LogP contribution in [0.5, 0.6) is 0 Å². The number of carbonyl (C=O) groups excluding carboxylic acids is 3. The van der Waals surface area contributed by atoms with E-state index in [1.807, 2.05) is 26.0 Å². The van der Waals surface area contributed by atoms with E-state index in [0.717, 1.165) is 24.0 Å². The monoisotopic (exact) mass is 379 g/mol. The number of nitrogens with one attached hydrogen (secondary N) is 3. The van der Waals surface area contributed by atoms with Gasteiger partial charge in [0.1, 0.15) is 0 Å². The Labute approximate surface area is 164 Å². The molecule has 0 heterocycles. The van der Waals surface area contributed by atoms with Crippen LogP contribution in [0.4, 0.5) is 5.69 Å². The highest BCUT2D eigenvalue weighted by Crippen LogP contribution is 2.30. The number of aryl methyl sites for hydroxylation is 2. The predicted octanol–water partition coefficient (Wildman–Crippen LogP) is 2.81. The van der Waals surface area contributed by atoms with E-state index in [1.54, 1.807) is 30.3 Å². The molecule has 2 aromatic carbocycles. The van der Waals surface area contributed by atoms with Gasteiger partial charge in [-0.05, 0) is 74.2 Å². The van der Waals surface area contributed by atoms with Gasteiger partial charge in [-0.2, -0.15) is 0 Å². The van der Waals surface area contributed by atoms with Gasteiger partial charge in [-0.3, -0.25) is 14.4 Å². The van der Waals surface area contributed by atoms with Gasteiger partial charge >= 0.3 is 0 Å². The van der Waals surface area contributed by atoms with E-state index < -0.39 is 0 Å². The quantitative estimate of drug-likeness (QED) is 0.647. The number of amides is 3. The fourth-order valence-corrected chi connectivity index (χ4v) is 2.73. The molecule has 1 aliphatic rings. The summed E-state index contributed by atoms with van der Waals surface area (Å²) in [6, 6.07) is 12.3. The molecule has 0 spiro atoms. The predicted molar refractivity (Wildman–Crippen MR) is 108 cm³/mol. The Morgan fingerprint density at radius 1 is 0.821 bits per heavy atom. The van der Waals surface area contributed by atoms with Crippen LogP contribution in [-0.2, 0) is 4.79 Å². The molecule has 3 amide bonds. The van der Waals surface area contributed by atoms with Crippen molar-refractivity contribution in [3.05, 3.63) is 64.7 Å². The average Bonchev–Trinajstić information content (AvgIpc) is 3.53. The van der Waals surface area contributed by atoms with Crippen molar-refractivity contribution in [2.24, 2.45) is 5.92 Å². The van der Waals surface area contributed by atoms with Gasteiger partial charge in [-0.15, -0.1) is 0 Å². The summed E-state index contributed by atoms with van der Waals surface area (Å²) in [4.78, 5) is 36.1. The molecular weight excluding hydrogens is 354 g/mol. The lowest BCUT2D eigenvalue weighted by atomic mass is 10.1. The first-order valence-corrected chi connectivity index (χ1v) is 9.48. The number of carbonyl (C=O) groups is 3. The highest BCUT2D eigenvalue weighted by Gasteiger charge is 2.29. The van der Waals surface area contributed by atoms with Gasteiger partial charge in [0.05, 0.1) is 0 Å². The maximum atomic E-state index is 12.2. The van der Waals surface area contributed by atoms with Gasteiger partial charge in [0.2, 0.25) is 5.91 Å². The van der Waals surface area contributed by atoms with Crippen LogP contribution in [0.2, 0.25) is 0 Å². The Balaban J connectivity index is 1.41. The van der Waals surface area contributed by atoms with E-state index in [9.17, 15) is 14.4 Å². The molecule has 28 heavy (non-hydrogen) atoms. The highest BCUT2D eigenvalue weighted by atomic mass is 16.2. The van der Waals surface area contributed by atoms with Crippen molar-refractivity contribution >= 4 is 23.4 Å². The van der Waals surface area contributed by atoms with Gasteiger partial charge in [0.25, 0.3) is 11.8 Å². The standard InChI is InChI=1S/C22H25N3O3/c1-14-3-4-18(13-15(14)2)21(27)24-12-11-23-20(26)16-7-9-19(10-8-16)25-22(28)17-5-6-17/h3-4,7-10,13,17H,5-6,11-12H2,1-2H3,(H,23,26)(H,24,27)(H,25,28). The third kappa shape index (κ3) is 5.19. The summed E-state index contributed by atoms with van der Waals surface area (Å²) < 4.78 is 0. The van der Waals surface area contributed by atoms with Crippen LogP contribution in [0, 0.1) is 19.8 Å². The molecule has 0 saturated heterocycles. The first kappa shape index (κ1) is 19.6. The van der Waals surface area contributed by atoms with Crippen molar-refractivity contribution in [2.75, 3.05) is 18.4 Å². The third-order valence-corrected chi connectivity index (χ3v) is 4.83. The molecule has 0 aliphatic heterocycles. The van der Waals surface area contributed by atoms with Crippen molar-refractivity contribution in [3.63, 3.8) is 0 Å². The van der Waals surface area contributed by atoms with Gasteiger partial charge in [0, 0.05) is 35.8 Å². The van der Waals surface area contributed by atoms with E-state index in [-0.39, 0.29) is 23.6 Å². The van der Waals surface area contributed by atoms with Crippen LogP contribution in [0.3, 0.4) is 0 Å². The lowest BCUT2D eigenvalue weighted by Gasteiger charge is -2.09. The normalized spacial score (nSPS) is 12.9. The minimum absolute atomic E-state index is 0.0386. The summed E-state index contributed by atoms with van der Waals surface area (Å²) in [6.45, 7) is 4.64. The molecule has 146 valence electrons. The smallest absolute Gasteiger partial charge is 0.251 e. The molecule has 0 unspecified atom stereocenters. The van der Waals surface area contributed by atoms with Crippen molar-refractivity contribution in [3.8, 4) is 0 Å². The first-order valence-electron chi connectivity index (χ1n) is 9.48. The van der Waals surface area contributed by atoms with E-state index in [2.05, 4.69) is 16.0 Å². The van der Waals surface area contributed by atoms with Crippen molar-refractivity contribution in [2.45, 2.75) is 26.7 Å². The van der Waals surface area contributed by atoms with Crippen LogP contribution in [0.15, 0.2) is 42.5 Å². The molecule has 1 fully saturated rings. The van der Waals surface area contributed by atoms with E-state index in [4.69, 9.17) is 0 Å². The van der Waals surface area contributed by atoms with Gasteiger partial charge in [-0.1, -0.05) is 6.07 Å². The molecule has 1 saturated carbocycles. The molecular formula is C22H25N3O3. The molecule has 0 bridgehead atoms. The topological polar surface area (TPSA) is 87.3 Å². The Hall–Kier alpha value is -3.15. The minimum Gasteiger partial charge on any atom is -0.350 e. The lowest BCUT2D eigenvalue weighted by molar-refractivity contribution is -0.117. The van der Waals surface area contributed by atoms with Gasteiger partial charge in [0.15, 0.2) is 0 Å². The van der Waals surface area contributed by atoms with Gasteiger partial charge < -0.3 is 16.0 Å². The van der Waals surface area contributed by atoms with E-state index in [1.165, 1.54) is 0 Å². The van der Waals surface area contributed by atoms with Crippen LogP contribution in [-0.4, -0.2) is 30.8 Å². The van der Waals surface area contributed by atoms with E-state index in [0.29, 0.717) is 29.9 Å². The zero-order valence-electron chi connectivity index (χ0n) is 16.2. The maximum absolute atomic E-state index is 12.2. The fourth-order valence-electron chi connectivity index (χ4n) is 2.73. The molecule has 6 heteroatoms. The molecule has 0 aromatic heterocycles. The average molecular weight is 379 g/mol. The number of hydrogen-bond acceptors (Lipinski definition) is 3. The molecule has 3 rings (SSSR count). The molecule has 2 aromatic rings. The molecule has 3 N–H and O–H groups in total. The fraction of sp³-hybridized carbons (Fsp3) is 0.318. The zero-order chi connectivity index (χ0) is 20.1. The first-order chi connectivity index (χ1) is 13.4. The Morgan fingerprint density at radius 2 is 1.39 bits per heavy atom. The summed E-state index contributed by atoms with van der Waals surface area (Å²) in [5, 5.41) is 8.41. The maximum Gasteiger partial charge on any atom is 0.251 e. The number of benzene rings is 2. The Bertz CT molecular complexity index is 886. The van der Waals surface area contributed by atoms with Crippen molar-refractivity contribution in [1.29, 1.82) is 0 Å². The van der Waals surface area contributed by atoms with Gasteiger partial charge in [-0.25, -0.2) is 0 Å². The number of anilines is 1. The number of rotatable bonds is 7.